The van der Waals surface area contributed by atoms with E-state index in [1.165, 1.54) is 12.1 Å². The first-order chi connectivity index (χ1) is 8.97. The van der Waals surface area contributed by atoms with Gasteiger partial charge in [-0.05, 0) is 24.1 Å². The Labute approximate surface area is 109 Å². The van der Waals surface area contributed by atoms with E-state index in [1.54, 1.807) is 0 Å². The number of aryl methyl sites for hydroxylation is 1. The maximum atomic E-state index is 10.9. The number of nitro benzene ring substituents is 1. The molecule has 2 rings (SSSR count). The number of nitrogens with zero attached hydrogens (tertiary/aromatic N) is 1. The zero-order chi connectivity index (χ0) is 14.0. The quantitative estimate of drug-likeness (QED) is 0.504. The fraction of sp³-hybridized carbons (Fsp3) is 0.143. The van der Waals surface area contributed by atoms with Crippen LogP contribution in [0.25, 0.3) is 11.1 Å². The lowest BCUT2D eigenvalue weighted by Gasteiger charge is -2.08. The van der Waals surface area contributed by atoms with E-state index in [0.717, 1.165) is 17.2 Å². The van der Waals surface area contributed by atoms with Crippen molar-refractivity contribution in [3.8, 4) is 11.1 Å². The number of nitro groups is 1. The zero-order valence-electron chi connectivity index (χ0n) is 10.3. The van der Waals surface area contributed by atoms with Crippen molar-refractivity contribution in [3.05, 3.63) is 63.7 Å². The van der Waals surface area contributed by atoms with Gasteiger partial charge in [-0.3, -0.25) is 10.1 Å². The normalized spacial score (nSPS) is 10.7. The van der Waals surface area contributed by atoms with Crippen LogP contribution in [-0.4, -0.2) is 15.1 Å². The van der Waals surface area contributed by atoms with E-state index in [2.05, 4.69) is 0 Å². The van der Waals surface area contributed by atoms with Crippen molar-refractivity contribution in [1.29, 1.82) is 0 Å². The smallest absolute Gasteiger partial charge is 0.270 e. The SMILES string of the molecule is Cc1ccc(-c2cc(C(O)O)cc([N+](=O)[O-])c2)cc1. The first-order valence-corrected chi connectivity index (χ1v) is 5.70. The van der Waals surface area contributed by atoms with Gasteiger partial charge < -0.3 is 10.2 Å². The highest BCUT2D eigenvalue weighted by Crippen LogP contribution is 2.28. The van der Waals surface area contributed by atoms with E-state index in [0.29, 0.717) is 5.56 Å². The standard InChI is InChI=1S/C14H13NO4/c1-9-2-4-10(5-3-9)11-6-12(14(16)17)8-13(7-11)15(18)19/h2-8,14,16-17H,1H3. The summed E-state index contributed by atoms with van der Waals surface area (Å²) >= 11 is 0. The molecule has 5 nitrogen and oxygen atoms in total. The van der Waals surface area contributed by atoms with Crippen LogP contribution in [0.4, 0.5) is 5.69 Å². The summed E-state index contributed by atoms with van der Waals surface area (Å²) in [7, 11) is 0. The topological polar surface area (TPSA) is 83.6 Å². The highest BCUT2D eigenvalue weighted by atomic mass is 16.6. The lowest BCUT2D eigenvalue weighted by Crippen LogP contribution is -1.98. The minimum atomic E-state index is -1.73. The molecule has 2 aromatic carbocycles. The molecule has 0 radical (unpaired) electrons. The first kappa shape index (κ1) is 13.2. The van der Waals surface area contributed by atoms with Crippen LogP contribution in [0.3, 0.4) is 0 Å². The Balaban J connectivity index is 2.55. The molecule has 0 bridgehead atoms. The Hall–Kier alpha value is -2.24. The molecule has 0 aliphatic carbocycles. The second-order valence-electron chi connectivity index (χ2n) is 4.31. The molecule has 0 aliphatic rings. The van der Waals surface area contributed by atoms with Gasteiger partial charge in [-0.25, -0.2) is 0 Å². The summed E-state index contributed by atoms with van der Waals surface area (Å²) in [6.07, 6.45) is -1.73. The molecule has 0 saturated carbocycles. The van der Waals surface area contributed by atoms with E-state index in [1.807, 2.05) is 31.2 Å². The highest BCUT2D eigenvalue weighted by Gasteiger charge is 2.14. The van der Waals surface area contributed by atoms with Gasteiger partial charge in [0.15, 0.2) is 6.29 Å². The number of rotatable bonds is 3. The number of hydrogen-bond acceptors (Lipinski definition) is 4. The van der Waals surface area contributed by atoms with Crippen LogP contribution in [0.5, 0.6) is 0 Å². The van der Waals surface area contributed by atoms with Gasteiger partial charge in [0.1, 0.15) is 0 Å². The molecule has 0 saturated heterocycles. The second-order valence-corrected chi connectivity index (χ2v) is 4.31. The lowest BCUT2D eigenvalue weighted by molar-refractivity contribution is -0.385. The summed E-state index contributed by atoms with van der Waals surface area (Å²) in [6, 6.07) is 11.6. The van der Waals surface area contributed by atoms with Gasteiger partial charge in [0, 0.05) is 17.7 Å². The third-order valence-electron chi connectivity index (χ3n) is 2.83. The molecule has 0 unspecified atom stereocenters. The van der Waals surface area contributed by atoms with Gasteiger partial charge in [-0.1, -0.05) is 29.8 Å². The van der Waals surface area contributed by atoms with Gasteiger partial charge >= 0.3 is 0 Å². The van der Waals surface area contributed by atoms with Crippen molar-refractivity contribution in [2.75, 3.05) is 0 Å². The second kappa shape index (κ2) is 5.17. The van der Waals surface area contributed by atoms with E-state index in [-0.39, 0.29) is 11.3 Å². The Morgan fingerprint density at radius 1 is 1.05 bits per heavy atom. The minimum Gasteiger partial charge on any atom is -0.364 e. The summed E-state index contributed by atoms with van der Waals surface area (Å²) < 4.78 is 0. The van der Waals surface area contributed by atoms with Crippen molar-refractivity contribution < 1.29 is 15.1 Å². The molecule has 2 N–H and O–H groups in total. The van der Waals surface area contributed by atoms with E-state index >= 15 is 0 Å². The molecular weight excluding hydrogens is 246 g/mol. The molecule has 0 amide bonds. The van der Waals surface area contributed by atoms with Gasteiger partial charge in [0.05, 0.1) is 4.92 Å². The summed E-state index contributed by atoms with van der Waals surface area (Å²) in [5.74, 6) is 0. The largest absolute Gasteiger partial charge is 0.364 e. The van der Waals surface area contributed by atoms with E-state index in [4.69, 9.17) is 0 Å². The summed E-state index contributed by atoms with van der Waals surface area (Å²) in [5.41, 5.74) is 2.39. The Morgan fingerprint density at radius 3 is 2.21 bits per heavy atom. The maximum absolute atomic E-state index is 10.9. The summed E-state index contributed by atoms with van der Waals surface area (Å²) in [6.45, 7) is 1.94. The van der Waals surface area contributed by atoms with E-state index < -0.39 is 11.2 Å². The fourth-order valence-corrected chi connectivity index (χ4v) is 1.80. The average Bonchev–Trinajstić information content (AvgIpc) is 2.39. The molecule has 0 heterocycles. The van der Waals surface area contributed by atoms with Crippen molar-refractivity contribution in [2.24, 2.45) is 0 Å². The zero-order valence-corrected chi connectivity index (χ0v) is 10.3. The van der Waals surface area contributed by atoms with Crippen LogP contribution in [-0.2, 0) is 0 Å². The van der Waals surface area contributed by atoms with Crippen LogP contribution in [0.2, 0.25) is 0 Å². The van der Waals surface area contributed by atoms with Crippen LogP contribution < -0.4 is 0 Å². The monoisotopic (exact) mass is 259 g/mol. The Morgan fingerprint density at radius 2 is 1.68 bits per heavy atom. The van der Waals surface area contributed by atoms with Gasteiger partial charge in [-0.2, -0.15) is 0 Å². The molecule has 0 atom stereocenters. The molecule has 0 aromatic heterocycles. The molecule has 19 heavy (non-hydrogen) atoms. The number of aliphatic hydroxyl groups excluding tert-OH is 1. The number of hydrogen-bond donors (Lipinski definition) is 2. The maximum Gasteiger partial charge on any atom is 0.270 e. The predicted molar refractivity (Wildman–Crippen MR) is 70.4 cm³/mol. The molecule has 2 aromatic rings. The number of aliphatic hydroxyl groups is 2. The molecular formula is C14H13NO4. The van der Waals surface area contributed by atoms with Gasteiger partial charge in [-0.15, -0.1) is 0 Å². The van der Waals surface area contributed by atoms with Gasteiger partial charge in [0.2, 0.25) is 0 Å². The van der Waals surface area contributed by atoms with Crippen LogP contribution in [0, 0.1) is 17.0 Å². The number of non-ortho nitro benzene ring substituents is 1. The van der Waals surface area contributed by atoms with Crippen molar-refractivity contribution in [3.63, 3.8) is 0 Å². The third-order valence-corrected chi connectivity index (χ3v) is 2.83. The molecule has 5 heteroatoms. The average molecular weight is 259 g/mol. The van der Waals surface area contributed by atoms with Gasteiger partial charge in [0.25, 0.3) is 5.69 Å². The Bertz CT molecular complexity index is 605. The summed E-state index contributed by atoms with van der Waals surface area (Å²) in [4.78, 5) is 10.3. The predicted octanol–water partition coefficient (Wildman–Crippen LogP) is 2.55. The van der Waals surface area contributed by atoms with Crippen molar-refractivity contribution in [1.82, 2.24) is 0 Å². The molecule has 0 spiro atoms. The first-order valence-electron chi connectivity index (χ1n) is 5.70. The Kier molecular flexibility index (Phi) is 3.59. The van der Waals surface area contributed by atoms with Crippen LogP contribution >= 0.6 is 0 Å². The van der Waals surface area contributed by atoms with Crippen molar-refractivity contribution >= 4 is 5.69 Å². The van der Waals surface area contributed by atoms with Crippen molar-refractivity contribution in [2.45, 2.75) is 13.2 Å². The number of benzene rings is 2. The fourth-order valence-electron chi connectivity index (χ4n) is 1.80. The lowest BCUT2D eigenvalue weighted by atomic mass is 10.0. The molecule has 98 valence electrons. The van der Waals surface area contributed by atoms with E-state index in [9.17, 15) is 20.3 Å². The van der Waals surface area contributed by atoms with Crippen LogP contribution in [0.1, 0.15) is 17.4 Å². The minimum absolute atomic E-state index is 0.102. The van der Waals surface area contributed by atoms with Crippen LogP contribution in [0.15, 0.2) is 42.5 Å². The highest BCUT2D eigenvalue weighted by molar-refractivity contribution is 5.67. The molecule has 0 aliphatic heterocycles. The molecule has 0 fully saturated rings. The summed E-state index contributed by atoms with van der Waals surface area (Å²) in [5, 5.41) is 29.2. The third kappa shape index (κ3) is 2.96.